The SMILES string of the molecule is CC(C)C=CCC(C)C=CCC=O. The van der Waals surface area contributed by atoms with Crippen molar-refractivity contribution in [3.05, 3.63) is 24.3 Å². The molecule has 0 fully saturated rings. The number of allylic oxidation sites excluding steroid dienone is 4. The average Bonchev–Trinajstić information content (AvgIpc) is 2.04. The third-order valence-corrected chi connectivity index (χ3v) is 1.73. The van der Waals surface area contributed by atoms with Gasteiger partial charge in [-0.15, -0.1) is 0 Å². The van der Waals surface area contributed by atoms with E-state index in [1.54, 1.807) is 0 Å². The van der Waals surface area contributed by atoms with Gasteiger partial charge in [0.25, 0.3) is 0 Å². The lowest BCUT2D eigenvalue weighted by molar-refractivity contribution is -0.107. The Balaban J connectivity index is 3.61. The van der Waals surface area contributed by atoms with E-state index in [-0.39, 0.29) is 0 Å². The van der Waals surface area contributed by atoms with Gasteiger partial charge >= 0.3 is 0 Å². The second-order valence-electron chi connectivity index (χ2n) is 3.72. The first-order valence-corrected chi connectivity index (χ1v) is 4.93. The van der Waals surface area contributed by atoms with E-state index in [9.17, 15) is 4.79 Å². The molecule has 1 heteroatoms. The van der Waals surface area contributed by atoms with Gasteiger partial charge in [0.1, 0.15) is 6.29 Å². The molecule has 0 aliphatic heterocycles. The number of carbonyl (C=O) groups is 1. The van der Waals surface area contributed by atoms with Crippen molar-refractivity contribution in [3.8, 4) is 0 Å². The first kappa shape index (κ1) is 12.2. The van der Waals surface area contributed by atoms with Crippen LogP contribution in [0, 0.1) is 11.8 Å². The van der Waals surface area contributed by atoms with E-state index in [1.807, 2.05) is 6.08 Å². The van der Waals surface area contributed by atoms with Crippen molar-refractivity contribution in [3.63, 3.8) is 0 Å². The maximum atomic E-state index is 10.0. The van der Waals surface area contributed by atoms with Crippen molar-refractivity contribution < 1.29 is 4.79 Å². The molecule has 0 N–H and O–H groups in total. The molecule has 0 saturated carbocycles. The van der Waals surface area contributed by atoms with Gasteiger partial charge in [-0.3, -0.25) is 0 Å². The second-order valence-corrected chi connectivity index (χ2v) is 3.72. The predicted molar refractivity (Wildman–Crippen MR) is 57.6 cm³/mol. The van der Waals surface area contributed by atoms with Crippen LogP contribution in [0.1, 0.15) is 33.6 Å². The van der Waals surface area contributed by atoms with Gasteiger partial charge in [-0.1, -0.05) is 45.1 Å². The predicted octanol–water partition coefficient (Wildman–Crippen LogP) is 3.37. The second kappa shape index (κ2) is 7.78. The molecule has 0 saturated heterocycles. The Morgan fingerprint density at radius 3 is 2.31 bits per heavy atom. The van der Waals surface area contributed by atoms with Crippen LogP contribution < -0.4 is 0 Å². The highest BCUT2D eigenvalue weighted by Crippen LogP contribution is 2.06. The van der Waals surface area contributed by atoms with Crippen LogP contribution in [0.2, 0.25) is 0 Å². The van der Waals surface area contributed by atoms with E-state index in [0.29, 0.717) is 18.3 Å². The molecular weight excluding hydrogens is 160 g/mol. The summed E-state index contributed by atoms with van der Waals surface area (Å²) >= 11 is 0. The highest BCUT2D eigenvalue weighted by atomic mass is 16.1. The van der Waals surface area contributed by atoms with Gasteiger partial charge in [0, 0.05) is 6.42 Å². The number of aldehydes is 1. The highest BCUT2D eigenvalue weighted by Gasteiger charge is 1.92. The minimum atomic E-state index is 0.537. The average molecular weight is 180 g/mol. The molecule has 1 nitrogen and oxygen atoms in total. The third-order valence-electron chi connectivity index (χ3n) is 1.73. The molecule has 0 aromatic rings. The molecule has 0 rings (SSSR count). The summed E-state index contributed by atoms with van der Waals surface area (Å²) in [5, 5.41) is 0. The quantitative estimate of drug-likeness (QED) is 0.452. The van der Waals surface area contributed by atoms with Crippen LogP contribution in [0.15, 0.2) is 24.3 Å². The summed E-state index contributed by atoms with van der Waals surface area (Å²) < 4.78 is 0. The van der Waals surface area contributed by atoms with E-state index >= 15 is 0 Å². The van der Waals surface area contributed by atoms with E-state index in [1.165, 1.54) is 0 Å². The van der Waals surface area contributed by atoms with Gasteiger partial charge in [-0.2, -0.15) is 0 Å². The lowest BCUT2D eigenvalue weighted by Gasteiger charge is -2.00. The molecule has 0 heterocycles. The van der Waals surface area contributed by atoms with Crippen molar-refractivity contribution in [1.82, 2.24) is 0 Å². The molecule has 0 aromatic carbocycles. The van der Waals surface area contributed by atoms with Crippen molar-refractivity contribution in [2.75, 3.05) is 0 Å². The first-order chi connectivity index (χ1) is 6.16. The maximum absolute atomic E-state index is 10.0. The van der Waals surface area contributed by atoms with Gasteiger partial charge in [0.15, 0.2) is 0 Å². The normalized spacial score (nSPS) is 14.5. The Bertz CT molecular complexity index is 178. The van der Waals surface area contributed by atoms with Gasteiger partial charge in [0.05, 0.1) is 0 Å². The van der Waals surface area contributed by atoms with Crippen molar-refractivity contribution in [2.45, 2.75) is 33.6 Å². The summed E-state index contributed by atoms with van der Waals surface area (Å²) in [4.78, 5) is 10.0. The molecule has 1 atom stereocenters. The lowest BCUT2D eigenvalue weighted by atomic mass is 10.1. The smallest absolute Gasteiger partial charge is 0.123 e. The molecule has 0 bridgehead atoms. The third kappa shape index (κ3) is 9.06. The first-order valence-electron chi connectivity index (χ1n) is 4.93. The Hall–Kier alpha value is -0.850. The molecule has 13 heavy (non-hydrogen) atoms. The molecular formula is C12H20O. The van der Waals surface area contributed by atoms with Crippen molar-refractivity contribution in [1.29, 1.82) is 0 Å². The topological polar surface area (TPSA) is 17.1 Å². The fraction of sp³-hybridized carbons (Fsp3) is 0.583. The van der Waals surface area contributed by atoms with Gasteiger partial charge < -0.3 is 4.79 Å². The lowest BCUT2D eigenvalue weighted by Crippen LogP contribution is -1.87. The molecule has 74 valence electrons. The fourth-order valence-electron chi connectivity index (χ4n) is 1.01. The monoisotopic (exact) mass is 180 g/mol. The maximum Gasteiger partial charge on any atom is 0.123 e. The molecule has 1 unspecified atom stereocenters. The van der Waals surface area contributed by atoms with Crippen LogP contribution in [-0.4, -0.2) is 6.29 Å². The van der Waals surface area contributed by atoms with Gasteiger partial charge in [0.2, 0.25) is 0 Å². The van der Waals surface area contributed by atoms with Crippen molar-refractivity contribution in [2.24, 2.45) is 11.8 Å². The standard InChI is InChI=1S/C12H20O/c1-11(2)7-6-9-12(3)8-4-5-10-13/h4,6-8,10-12H,5,9H2,1-3H3. The number of hydrogen-bond donors (Lipinski definition) is 0. The minimum absolute atomic E-state index is 0.537. The van der Waals surface area contributed by atoms with Crippen LogP contribution >= 0.6 is 0 Å². The summed E-state index contributed by atoms with van der Waals surface area (Å²) in [7, 11) is 0. The van der Waals surface area contributed by atoms with E-state index in [0.717, 1.165) is 12.7 Å². The zero-order chi connectivity index (χ0) is 10.1. The van der Waals surface area contributed by atoms with E-state index < -0.39 is 0 Å². The summed E-state index contributed by atoms with van der Waals surface area (Å²) in [5.74, 6) is 1.17. The Morgan fingerprint density at radius 2 is 1.77 bits per heavy atom. The molecule has 0 radical (unpaired) electrons. The molecule has 0 amide bonds. The summed E-state index contributed by atoms with van der Waals surface area (Å²) in [5.41, 5.74) is 0. The molecule has 0 aliphatic rings. The summed E-state index contributed by atoms with van der Waals surface area (Å²) in [6.07, 6.45) is 11.0. The largest absolute Gasteiger partial charge is 0.303 e. The number of rotatable bonds is 6. The fourth-order valence-corrected chi connectivity index (χ4v) is 1.01. The van der Waals surface area contributed by atoms with Crippen LogP contribution in [0.25, 0.3) is 0 Å². The zero-order valence-corrected chi connectivity index (χ0v) is 8.86. The number of hydrogen-bond acceptors (Lipinski definition) is 1. The van der Waals surface area contributed by atoms with E-state index in [2.05, 4.69) is 39.0 Å². The Kier molecular flexibility index (Phi) is 7.27. The van der Waals surface area contributed by atoms with Gasteiger partial charge in [-0.05, 0) is 18.3 Å². The van der Waals surface area contributed by atoms with Crippen LogP contribution in [0.3, 0.4) is 0 Å². The van der Waals surface area contributed by atoms with Crippen LogP contribution in [-0.2, 0) is 4.79 Å². The minimum Gasteiger partial charge on any atom is -0.303 e. The number of carbonyl (C=O) groups excluding carboxylic acids is 1. The van der Waals surface area contributed by atoms with Crippen LogP contribution in [0.5, 0.6) is 0 Å². The highest BCUT2D eigenvalue weighted by molar-refractivity contribution is 5.51. The van der Waals surface area contributed by atoms with E-state index in [4.69, 9.17) is 0 Å². The molecule has 0 spiro atoms. The Morgan fingerprint density at radius 1 is 1.08 bits per heavy atom. The summed E-state index contributed by atoms with van der Waals surface area (Å²) in [6.45, 7) is 6.50. The van der Waals surface area contributed by atoms with Crippen molar-refractivity contribution >= 4 is 6.29 Å². The van der Waals surface area contributed by atoms with Gasteiger partial charge in [-0.25, -0.2) is 0 Å². The summed E-state index contributed by atoms with van der Waals surface area (Å²) in [6, 6.07) is 0. The Labute approximate surface area is 81.5 Å². The van der Waals surface area contributed by atoms with Crippen LogP contribution in [0.4, 0.5) is 0 Å². The molecule has 0 aliphatic carbocycles. The molecule has 0 aromatic heterocycles. The zero-order valence-electron chi connectivity index (χ0n) is 8.86.